The first-order valence-corrected chi connectivity index (χ1v) is 6.52. The number of anilines is 1. The van der Waals surface area contributed by atoms with Gasteiger partial charge in [0.1, 0.15) is 6.29 Å². The molecule has 2 nitrogen and oxygen atoms in total. The smallest absolute Gasteiger partial charge is 0.150 e. The Kier molecular flexibility index (Phi) is 3.82. The Bertz CT molecular complexity index is 365. The van der Waals surface area contributed by atoms with Gasteiger partial charge in [0.2, 0.25) is 0 Å². The molecule has 0 heterocycles. The third kappa shape index (κ3) is 3.32. The Balaban J connectivity index is 2.05. The molecule has 2 rings (SSSR count). The van der Waals surface area contributed by atoms with E-state index in [0.717, 1.165) is 30.4 Å². The molecule has 0 aliphatic heterocycles. The van der Waals surface area contributed by atoms with Crippen molar-refractivity contribution in [3.8, 4) is 0 Å². The zero-order chi connectivity index (χ0) is 12.3. The maximum Gasteiger partial charge on any atom is 0.150 e. The average Bonchev–Trinajstić information content (AvgIpc) is 3.14. The average molecular weight is 231 g/mol. The fourth-order valence-corrected chi connectivity index (χ4v) is 2.05. The molecule has 1 fully saturated rings. The second-order valence-corrected chi connectivity index (χ2v) is 5.32. The molecule has 0 N–H and O–H groups in total. The molecule has 1 aliphatic carbocycles. The topological polar surface area (TPSA) is 20.3 Å². The van der Waals surface area contributed by atoms with Gasteiger partial charge in [-0.1, -0.05) is 13.8 Å². The fraction of sp³-hybridized carbons (Fsp3) is 0.533. The molecule has 1 saturated carbocycles. The van der Waals surface area contributed by atoms with Crippen molar-refractivity contribution in [3.63, 3.8) is 0 Å². The van der Waals surface area contributed by atoms with Crippen LogP contribution < -0.4 is 4.90 Å². The second-order valence-electron chi connectivity index (χ2n) is 5.32. The molecule has 1 aliphatic rings. The maximum absolute atomic E-state index is 10.6. The number of nitrogens with zero attached hydrogens (tertiary/aromatic N) is 1. The van der Waals surface area contributed by atoms with Gasteiger partial charge in [0.05, 0.1) is 0 Å². The standard InChI is InChI=1S/C15H21NO/c1-12(2)9-10-16(15-7-8-15)14-5-3-13(11-17)4-6-14/h3-6,11-12,15H,7-10H2,1-2H3. The highest BCUT2D eigenvalue weighted by Gasteiger charge is 2.28. The molecule has 0 amide bonds. The lowest BCUT2D eigenvalue weighted by Gasteiger charge is -2.25. The summed E-state index contributed by atoms with van der Waals surface area (Å²) in [6, 6.07) is 8.70. The van der Waals surface area contributed by atoms with Gasteiger partial charge in [-0.05, 0) is 49.4 Å². The van der Waals surface area contributed by atoms with Crippen LogP contribution in [0.15, 0.2) is 24.3 Å². The van der Waals surface area contributed by atoms with Crippen LogP contribution in [0.4, 0.5) is 5.69 Å². The van der Waals surface area contributed by atoms with Crippen molar-refractivity contribution < 1.29 is 4.79 Å². The van der Waals surface area contributed by atoms with Crippen LogP contribution in [0, 0.1) is 5.92 Å². The molecule has 17 heavy (non-hydrogen) atoms. The highest BCUT2D eigenvalue weighted by Crippen LogP contribution is 2.32. The minimum atomic E-state index is 0.732. The lowest BCUT2D eigenvalue weighted by molar-refractivity contribution is 0.112. The Morgan fingerprint density at radius 3 is 2.41 bits per heavy atom. The lowest BCUT2D eigenvalue weighted by Crippen LogP contribution is -2.27. The van der Waals surface area contributed by atoms with Crippen LogP contribution in [0.5, 0.6) is 0 Å². The Morgan fingerprint density at radius 2 is 1.94 bits per heavy atom. The van der Waals surface area contributed by atoms with E-state index in [0.29, 0.717) is 0 Å². The number of carbonyl (C=O) groups is 1. The fourth-order valence-electron chi connectivity index (χ4n) is 2.05. The van der Waals surface area contributed by atoms with E-state index in [9.17, 15) is 4.79 Å². The predicted molar refractivity (Wildman–Crippen MR) is 71.7 cm³/mol. The van der Waals surface area contributed by atoms with Crippen molar-refractivity contribution in [2.24, 2.45) is 5.92 Å². The summed E-state index contributed by atoms with van der Waals surface area (Å²) < 4.78 is 0. The normalized spacial score (nSPS) is 15.0. The highest BCUT2D eigenvalue weighted by atomic mass is 16.1. The summed E-state index contributed by atoms with van der Waals surface area (Å²) in [7, 11) is 0. The second kappa shape index (κ2) is 5.35. The number of hydrogen-bond acceptors (Lipinski definition) is 2. The third-order valence-corrected chi connectivity index (χ3v) is 3.30. The summed E-state index contributed by atoms with van der Waals surface area (Å²) in [6.07, 6.45) is 4.76. The van der Waals surface area contributed by atoms with Gasteiger partial charge < -0.3 is 4.90 Å². The van der Waals surface area contributed by atoms with Gasteiger partial charge in [-0.25, -0.2) is 0 Å². The Hall–Kier alpha value is -1.31. The summed E-state index contributed by atoms with van der Waals surface area (Å²) in [5, 5.41) is 0. The first kappa shape index (κ1) is 12.2. The minimum Gasteiger partial charge on any atom is -0.369 e. The van der Waals surface area contributed by atoms with Crippen molar-refractivity contribution in [1.82, 2.24) is 0 Å². The largest absolute Gasteiger partial charge is 0.369 e. The first-order valence-electron chi connectivity index (χ1n) is 6.52. The summed E-state index contributed by atoms with van der Waals surface area (Å²) in [5.41, 5.74) is 2.02. The van der Waals surface area contributed by atoms with E-state index in [4.69, 9.17) is 0 Å². The molecule has 0 unspecified atom stereocenters. The van der Waals surface area contributed by atoms with E-state index < -0.39 is 0 Å². The highest BCUT2D eigenvalue weighted by molar-refractivity contribution is 5.75. The molecule has 0 spiro atoms. The lowest BCUT2D eigenvalue weighted by atomic mass is 10.1. The maximum atomic E-state index is 10.6. The SMILES string of the molecule is CC(C)CCN(c1ccc(C=O)cc1)C1CC1. The van der Waals surface area contributed by atoms with Crippen LogP contribution in [-0.4, -0.2) is 18.9 Å². The van der Waals surface area contributed by atoms with Crippen LogP contribution in [0.1, 0.15) is 43.5 Å². The van der Waals surface area contributed by atoms with Gasteiger partial charge in [0, 0.05) is 23.8 Å². The molecule has 0 bridgehead atoms. The molecule has 1 aromatic rings. The van der Waals surface area contributed by atoms with Crippen LogP contribution in [0.3, 0.4) is 0 Å². The number of hydrogen-bond donors (Lipinski definition) is 0. The first-order chi connectivity index (χ1) is 8.20. The van der Waals surface area contributed by atoms with Crippen LogP contribution in [-0.2, 0) is 0 Å². The van der Waals surface area contributed by atoms with Gasteiger partial charge in [-0.15, -0.1) is 0 Å². The van der Waals surface area contributed by atoms with Crippen molar-refractivity contribution in [1.29, 1.82) is 0 Å². The summed E-state index contributed by atoms with van der Waals surface area (Å²) in [5.74, 6) is 0.741. The molecule has 0 radical (unpaired) electrons. The van der Waals surface area contributed by atoms with E-state index in [1.807, 2.05) is 12.1 Å². The summed E-state index contributed by atoms with van der Waals surface area (Å²) >= 11 is 0. The van der Waals surface area contributed by atoms with Crippen molar-refractivity contribution in [2.45, 2.75) is 39.2 Å². The van der Waals surface area contributed by atoms with E-state index >= 15 is 0 Å². The molecule has 1 aromatic carbocycles. The zero-order valence-corrected chi connectivity index (χ0v) is 10.7. The monoisotopic (exact) mass is 231 g/mol. The van der Waals surface area contributed by atoms with Gasteiger partial charge in [-0.3, -0.25) is 4.79 Å². The number of carbonyl (C=O) groups excluding carboxylic acids is 1. The van der Waals surface area contributed by atoms with Gasteiger partial charge >= 0.3 is 0 Å². The van der Waals surface area contributed by atoms with Crippen LogP contribution in [0.25, 0.3) is 0 Å². The summed E-state index contributed by atoms with van der Waals surface area (Å²) in [4.78, 5) is 13.1. The Morgan fingerprint density at radius 1 is 1.29 bits per heavy atom. The van der Waals surface area contributed by atoms with E-state index in [-0.39, 0.29) is 0 Å². The number of rotatable bonds is 6. The van der Waals surface area contributed by atoms with E-state index in [1.165, 1.54) is 24.9 Å². The quantitative estimate of drug-likeness (QED) is 0.698. The molecular formula is C15H21NO. The Labute approximate surface area is 104 Å². The molecule has 0 atom stereocenters. The number of aldehydes is 1. The zero-order valence-electron chi connectivity index (χ0n) is 10.7. The van der Waals surface area contributed by atoms with Crippen molar-refractivity contribution in [2.75, 3.05) is 11.4 Å². The number of benzene rings is 1. The molecule has 2 heteroatoms. The molecule has 92 valence electrons. The van der Waals surface area contributed by atoms with Crippen LogP contribution in [0.2, 0.25) is 0 Å². The molecule has 0 saturated heterocycles. The van der Waals surface area contributed by atoms with Gasteiger partial charge in [-0.2, -0.15) is 0 Å². The molecular weight excluding hydrogens is 210 g/mol. The van der Waals surface area contributed by atoms with E-state index in [1.54, 1.807) is 0 Å². The minimum absolute atomic E-state index is 0.732. The molecule has 0 aromatic heterocycles. The van der Waals surface area contributed by atoms with Gasteiger partial charge in [0.25, 0.3) is 0 Å². The van der Waals surface area contributed by atoms with E-state index in [2.05, 4.69) is 30.9 Å². The van der Waals surface area contributed by atoms with Gasteiger partial charge in [0.15, 0.2) is 0 Å². The van der Waals surface area contributed by atoms with Crippen LogP contribution >= 0.6 is 0 Å². The third-order valence-electron chi connectivity index (χ3n) is 3.30. The predicted octanol–water partition coefficient (Wildman–Crippen LogP) is 3.51. The van der Waals surface area contributed by atoms with Crippen molar-refractivity contribution >= 4 is 12.0 Å². The summed E-state index contributed by atoms with van der Waals surface area (Å²) in [6.45, 7) is 5.66. The van der Waals surface area contributed by atoms with Crippen molar-refractivity contribution in [3.05, 3.63) is 29.8 Å².